The number of ether oxygens (including phenoxy) is 1. The van der Waals surface area contributed by atoms with Crippen LogP contribution in [0.3, 0.4) is 0 Å². The van der Waals surface area contributed by atoms with Crippen LogP contribution in [0.1, 0.15) is 5.69 Å². The van der Waals surface area contributed by atoms with E-state index >= 15 is 0 Å². The number of pyridine rings is 1. The molecule has 2 aromatic rings. The molecule has 0 saturated heterocycles. The van der Waals surface area contributed by atoms with Crippen molar-refractivity contribution in [2.75, 3.05) is 5.43 Å². The molecule has 0 aliphatic rings. The number of hydrogen-bond donors (Lipinski definition) is 2. The van der Waals surface area contributed by atoms with Gasteiger partial charge in [0.1, 0.15) is 12.4 Å². The molecule has 0 unspecified atom stereocenters. The Morgan fingerprint density at radius 2 is 2.00 bits per heavy atom. The molecule has 94 valence electrons. The van der Waals surface area contributed by atoms with Gasteiger partial charge in [-0.25, -0.2) is 0 Å². The lowest BCUT2D eigenvalue weighted by Gasteiger charge is -2.07. The number of nitrogens with zero attached hydrogens (tertiary/aromatic N) is 1. The minimum Gasteiger partial charge on any atom is -0.487 e. The number of nitrogen functional groups attached to an aromatic ring is 1. The maximum absolute atomic E-state index is 5.89. The lowest BCUT2D eigenvalue weighted by atomic mass is 10.3. The lowest BCUT2D eigenvalue weighted by Crippen LogP contribution is -2.08. The Morgan fingerprint density at radius 1 is 1.17 bits per heavy atom. The normalized spacial score (nSPS) is 10.2. The van der Waals surface area contributed by atoms with Crippen molar-refractivity contribution in [3.63, 3.8) is 0 Å². The molecule has 0 fully saturated rings. The van der Waals surface area contributed by atoms with E-state index in [-0.39, 0.29) is 0 Å². The fourth-order valence-electron chi connectivity index (χ4n) is 1.37. The van der Waals surface area contributed by atoms with E-state index in [9.17, 15) is 0 Å². The van der Waals surface area contributed by atoms with E-state index in [2.05, 4.69) is 10.4 Å². The van der Waals surface area contributed by atoms with Gasteiger partial charge in [-0.05, 0) is 24.3 Å². The van der Waals surface area contributed by atoms with E-state index < -0.39 is 0 Å². The van der Waals surface area contributed by atoms with E-state index in [4.69, 9.17) is 33.8 Å². The summed E-state index contributed by atoms with van der Waals surface area (Å²) in [5.41, 5.74) is 4.08. The van der Waals surface area contributed by atoms with Crippen LogP contribution >= 0.6 is 23.2 Å². The third kappa shape index (κ3) is 3.26. The molecule has 3 N–H and O–H groups in total. The Bertz CT molecular complexity index is 549. The number of rotatable bonds is 4. The van der Waals surface area contributed by atoms with Crippen molar-refractivity contribution >= 4 is 28.9 Å². The van der Waals surface area contributed by atoms with Crippen LogP contribution in [0.25, 0.3) is 0 Å². The highest BCUT2D eigenvalue weighted by molar-refractivity contribution is 6.42. The Labute approximate surface area is 115 Å². The number of anilines is 1. The molecule has 1 heterocycles. The van der Waals surface area contributed by atoms with Gasteiger partial charge in [-0.2, -0.15) is 0 Å². The highest BCUT2D eigenvalue weighted by Crippen LogP contribution is 2.26. The molecule has 0 spiro atoms. The van der Waals surface area contributed by atoms with Gasteiger partial charge in [0.25, 0.3) is 0 Å². The van der Waals surface area contributed by atoms with Crippen LogP contribution in [0.5, 0.6) is 5.75 Å². The molecular formula is C12H11Cl2N3O. The van der Waals surface area contributed by atoms with Crippen molar-refractivity contribution in [3.05, 3.63) is 52.3 Å². The Morgan fingerprint density at radius 3 is 2.72 bits per heavy atom. The molecule has 0 aliphatic carbocycles. The molecule has 18 heavy (non-hydrogen) atoms. The second kappa shape index (κ2) is 5.91. The van der Waals surface area contributed by atoms with Crippen LogP contribution in [-0.2, 0) is 6.61 Å². The van der Waals surface area contributed by atoms with Gasteiger partial charge in [0.15, 0.2) is 0 Å². The summed E-state index contributed by atoms with van der Waals surface area (Å²) in [6.45, 7) is 0.327. The zero-order valence-corrected chi connectivity index (χ0v) is 10.9. The number of nitrogens with two attached hydrogens (primary N) is 1. The maximum atomic E-state index is 5.89. The van der Waals surface area contributed by atoms with Crippen LogP contribution < -0.4 is 16.0 Å². The van der Waals surface area contributed by atoms with Crippen LogP contribution in [0.4, 0.5) is 5.69 Å². The minimum absolute atomic E-state index is 0.327. The van der Waals surface area contributed by atoms with Gasteiger partial charge in [0, 0.05) is 12.3 Å². The summed E-state index contributed by atoms with van der Waals surface area (Å²) < 4.78 is 5.55. The highest BCUT2D eigenvalue weighted by atomic mass is 35.5. The van der Waals surface area contributed by atoms with Gasteiger partial charge >= 0.3 is 0 Å². The topological polar surface area (TPSA) is 60.2 Å². The molecule has 4 nitrogen and oxygen atoms in total. The van der Waals surface area contributed by atoms with Gasteiger partial charge in [-0.3, -0.25) is 10.8 Å². The zero-order valence-electron chi connectivity index (χ0n) is 9.36. The van der Waals surface area contributed by atoms with E-state index in [0.717, 1.165) is 11.4 Å². The highest BCUT2D eigenvalue weighted by Gasteiger charge is 2.02. The molecule has 1 aromatic heterocycles. The first-order valence-electron chi connectivity index (χ1n) is 5.18. The van der Waals surface area contributed by atoms with E-state index in [1.54, 1.807) is 36.5 Å². The minimum atomic E-state index is 0.327. The second-order valence-electron chi connectivity index (χ2n) is 3.54. The summed E-state index contributed by atoms with van der Waals surface area (Å²) in [6.07, 6.45) is 1.66. The predicted octanol–water partition coefficient (Wildman–Crippen LogP) is 3.25. The predicted molar refractivity (Wildman–Crippen MR) is 72.8 cm³/mol. The SMILES string of the molecule is NNc1ccnc(COc2ccc(Cl)c(Cl)c2)c1. The largest absolute Gasteiger partial charge is 0.487 e. The molecule has 0 radical (unpaired) electrons. The van der Waals surface area contributed by atoms with Crippen molar-refractivity contribution in [2.24, 2.45) is 5.84 Å². The molecular weight excluding hydrogens is 273 g/mol. The Balaban J connectivity index is 2.04. The summed E-state index contributed by atoms with van der Waals surface area (Å²) >= 11 is 11.7. The first kappa shape index (κ1) is 13.0. The lowest BCUT2D eigenvalue weighted by molar-refractivity contribution is 0.301. The number of hydrazine groups is 1. The quantitative estimate of drug-likeness (QED) is 0.668. The molecule has 1 aromatic carbocycles. The van der Waals surface area contributed by atoms with Crippen LogP contribution in [0.2, 0.25) is 10.0 Å². The standard InChI is InChI=1S/C12H11Cl2N3O/c13-11-2-1-10(6-12(11)14)18-7-9-5-8(17-15)3-4-16-9/h1-6H,7,15H2,(H,16,17). The Hall–Kier alpha value is -1.49. The molecule has 0 bridgehead atoms. The maximum Gasteiger partial charge on any atom is 0.130 e. The number of halogens is 2. The number of aromatic nitrogens is 1. The van der Waals surface area contributed by atoms with Crippen molar-refractivity contribution in [1.29, 1.82) is 0 Å². The van der Waals surface area contributed by atoms with Crippen LogP contribution in [0.15, 0.2) is 36.5 Å². The smallest absolute Gasteiger partial charge is 0.130 e. The molecule has 2 rings (SSSR count). The molecule has 0 aliphatic heterocycles. The molecule has 0 amide bonds. The second-order valence-corrected chi connectivity index (χ2v) is 4.36. The van der Waals surface area contributed by atoms with Gasteiger partial charge in [0.05, 0.1) is 21.4 Å². The van der Waals surface area contributed by atoms with E-state index in [0.29, 0.717) is 22.4 Å². The molecule has 0 atom stereocenters. The third-order valence-corrected chi connectivity index (χ3v) is 3.00. The van der Waals surface area contributed by atoms with Gasteiger partial charge in [-0.15, -0.1) is 0 Å². The van der Waals surface area contributed by atoms with Gasteiger partial charge in [0.2, 0.25) is 0 Å². The first-order chi connectivity index (χ1) is 8.69. The fourth-order valence-corrected chi connectivity index (χ4v) is 1.66. The van der Waals surface area contributed by atoms with Crippen molar-refractivity contribution in [1.82, 2.24) is 4.98 Å². The molecule has 6 heteroatoms. The molecule has 0 saturated carbocycles. The van der Waals surface area contributed by atoms with Crippen LogP contribution in [0, 0.1) is 0 Å². The summed E-state index contributed by atoms with van der Waals surface area (Å²) in [4.78, 5) is 4.16. The van der Waals surface area contributed by atoms with Gasteiger partial charge < -0.3 is 10.2 Å². The van der Waals surface area contributed by atoms with E-state index in [1.807, 2.05) is 0 Å². The summed E-state index contributed by atoms with van der Waals surface area (Å²) in [7, 11) is 0. The van der Waals surface area contributed by atoms with Crippen LogP contribution in [-0.4, -0.2) is 4.98 Å². The first-order valence-corrected chi connectivity index (χ1v) is 5.94. The number of nitrogens with one attached hydrogen (secondary N) is 1. The average Bonchev–Trinajstić information content (AvgIpc) is 2.40. The number of benzene rings is 1. The monoisotopic (exact) mass is 283 g/mol. The summed E-state index contributed by atoms with van der Waals surface area (Å²) in [5.74, 6) is 5.95. The van der Waals surface area contributed by atoms with Crippen molar-refractivity contribution < 1.29 is 4.74 Å². The number of hydrogen-bond acceptors (Lipinski definition) is 4. The fraction of sp³-hybridized carbons (Fsp3) is 0.0833. The Kier molecular flexibility index (Phi) is 4.25. The van der Waals surface area contributed by atoms with Crippen molar-refractivity contribution in [3.8, 4) is 5.75 Å². The average molecular weight is 284 g/mol. The summed E-state index contributed by atoms with van der Waals surface area (Å²) in [6, 6.07) is 8.67. The third-order valence-electron chi connectivity index (χ3n) is 2.26. The van der Waals surface area contributed by atoms with Crippen molar-refractivity contribution in [2.45, 2.75) is 6.61 Å². The zero-order chi connectivity index (χ0) is 13.0. The van der Waals surface area contributed by atoms with Gasteiger partial charge in [-0.1, -0.05) is 23.2 Å². The van der Waals surface area contributed by atoms with E-state index in [1.165, 1.54) is 0 Å². The summed E-state index contributed by atoms with van der Waals surface area (Å²) in [5, 5.41) is 0.955.